The van der Waals surface area contributed by atoms with Crippen molar-refractivity contribution >= 4 is 21.5 Å². The Morgan fingerprint density at radius 1 is 0.906 bits per heavy atom. The molecule has 1 aliphatic heterocycles. The molecule has 0 bridgehead atoms. The molecular weight excluding hydrogens is 432 g/mol. The van der Waals surface area contributed by atoms with E-state index < -0.39 is 10.0 Å². The highest BCUT2D eigenvalue weighted by Gasteiger charge is 2.18. The van der Waals surface area contributed by atoms with E-state index in [1.807, 2.05) is 12.1 Å². The standard InChI is InChI=1S/C22H24N4O5S/c1-29-20-9-7-18(15-21(20)30-2)32(27,28)25-17-5-3-16(4-6-17)19-8-10-22(24-23-19)26-11-13-31-14-12-26/h3-10,15,25H,11-14H2,1-2H3. The van der Waals surface area contributed by atoms with Crippen LogP contribution in [0.2, 0.25) is 0 Å². The monoisotopic (exact) mass is 456 g/mol. The summed E-state index contributed by atoms with van der Waals surface area (Å²) in [4.78, 5) is 2.20. The van der Waals surface area contributed by atoms with Gasteiger partial charge in [0.05, 0.1) is 38.0 Å². The number of morpholine rings is 1. The predicted octanol–water partition coefficient (Wildman–Crippen LogP) is 2.80. The van der Waals surface area contributed by atoms with E-state index in [1.54, 1.807) is 30.3 Å². The topological polar surface area (TPSA) is 103 Å². The molecule has 1 saturated heterocycles. The Morgan fingerprint density at radius 3 is 2.25 bits per heavy atom. The zero-order valence-corrected chi connectivity index (χ0v) is 18.6. The zero-order chi connectivity index (χ0) is 22.6. The van der Waals surface area contributed by atoms with Gasteiger partial charge >= 0.3 is 0 Å². The Labute approximate surface area is 187 Å². The minimum Gasteiger partial charge on any atom is -0.493 e. The van der Waals surface area contributed by atoms with Gasteiger partial charge in [0.1, 0.15) is 0 Å². The van der Waals surface area contributed by atoms with Gasteiger partial charge in [0, 0.05) is 30.4 Å². The minimum absolute atomic E-state index is 0.0730. The van der Waals surface area contributed by atoms with Gasteiger partial charge in [0.15, 0.2) is 17.3 Å². The minimum atomic E-state index is -3.80. The molecule has 1 N–H and O–H groups in total. The van der Waals surface area contributed by atoms with E-state index in [9.17, 15) is 8.42 Å². The van der Waals surface area contributed by atoms with Crippen molar-refractivity contribution in [1.82, 2.24) is 10.2 Å². The number of anilines is 2. The molecule has 0 radical (unpaired) electrons. The summed E-state index contributed by atoms with van der Waals surface area (Å²) in [5.41, 5.74) is 1.97. The van der Waals surface area contributed by atoms with Crippen LogP contribution in [0.25, 0.3) is 11.3 Å². The van der Waals surface area contributed by atoms with Crippen molar-refractivity contribution in [3.05, 3.63) is 54.6 Å². The Balaban J connectivity index is 1.47. The highest BCUT2D eigenvalue weighted by atomic mass is 32.2. The molecule has 0 aliphatic carbocycles. The summed E-state index contributed by atoms with van der Waals surface area (Å²) in [5.74, 6) is 1.61. The first-order valence-corrected chi connectivity index (χ1v) is 11.5. The molecule has 0 saturated carbocycles. The largest absolute Gasteiger partial charge is 0.493 e. The molecule has 10 heteroatoms. The van der Waals surface area contributed by atoms with E-state index in [1.165, 1.54) is 26.4 Å². The lowest BCUT2D eigenvalue weighted by Crippen LogP contribution is -2.36. The smallest absolute Gasteiger partial charge is 0.262 e. The van der Waals surface area contributed by atoms with Crippen LogP contribution in [-0.2, 0) is 14.8 Å². The van der Waals surface area contributed by atoms with Gasteiger partial charge in [-0.3, -0.25) is 4.72 Å². The van der Waals surface area contributed by atoms with E-state index in [0.717, 1.165) is 24.5 Å². The van der Waals surface area contributed by atoms with Crippen LogP contribution in [0, 0.1) is 0 Å². The molecule has 1 aliphatic rings. The second-order valence-electron chi connectivity index (χ2n) is 7.08. The fourth-order valence-electron chi connectivity index (χ4n) is 3.35. The summed E-state index contributed by atoms with van der Waals surface area (Å²) < 4.78 is 43.8. The second kappa shape index (κ2) is 9.41. The fourth-order valence-corrected chi connectivity index (χ4v) is 4.42. The lowest BCUT2D eigenvalue weighted by Gasteiger charge is -2.27. The molecule has 0 spiro atoms. The Kier molecular flexibility index (Phi) is 6.42. The first kappa shape index (κ1) is 21.8. The number of nitrogens with zero attached hydrogens (tertiary/aromatic N) is 3. The Hall–Kier alpha value is -3.37. The van der Waals surface area contributed by atoms with Crippen molar-refractivity contribution in [3.63, 3.8) is 0 Å². The number of hydrogen-bond acceptors (Lipinski definition) is 8. The number of hydrogen-bond donors (Lipinski definition) is 1. The van der Waals surface area contributed by atoms with E-state index in [-0.39, 0.29) is 4.90 Å². The average Bonchev–Trinajstić information content (AvgIpc) is 2.84. The maximum Gasteiger partial charge on any atom is 0.262 e. The van der Waals surface area contributed by atoms with Crippen LogP contribution in [0.4, 0.5) is 11.5 Å². The fraction of sp³-hybridized carbons (Fsp3) is 0.273. The second-order valence-corrected chi connectivity index (χ2v) is 8.76. The summed E-state index contributed by atoms with van der Waals surface area (Å²) in [6.07, 6.45) is 0. The maximum atomic E-state index is 12.8. The van der Waals surface area contributed by atoms with Crippen molar-refractivity contribution in [3.8, 4) is 22.8 Å². The van der Waals surface area contributed by atoms with Crippen molar-refractivity contribution in [2.24, 2.45) is 0 Å². The van der Waals surface area contributed by atoms with Gasteiger partial charge in [-0.05, 0) is 36.4 Å². The first-order chi connectivity index (χ1) is 15.5. The lowest BCUT2D eigenvalue weighted by molar-refractivity contribution is 0.122. The van der Waals surface area contributed by atoms with Gasteiger partial charge in [-0.25, -0.2) is 8.42 Å². The van der Waals surface area contributed by atoms with E-state index in [4.69, 9.17) is 14.2 Å². The molecule has 32 heavy (non-hydrogen) atoms. The number of aromatic nitrogens is 2. The van der Waals surface area contributed by atoms with Crippen molar-refractivity contribution in [2.75, 3.05) is 50.1 Å². The van der Waals surface area contributed by atoms with Gasteiger partial charge in [-0.1, -0.05) is 12.1 Å². The van der Waals surface area contributed by atoms with Gasteiger partial charge in [-0.15, -0.1) is 10.2 Å². The summed E-state index contributed by atoms with van der Waals surface area (Å²) in [6.45, 7) is 2.96. The highest BCUT2D eigenvalue weighted by Crippen LogP contribution is 2.30. The number of sulfonamides is 1. The number of nitrogens with one attached hydrogen (secondary N) is 1. The lowest BCUT2D eigenvalue weighted by atomic mass is 10.1. The third-order valence-electron chi connectivity index (χ3n) is 5.08. The van der Waals surface area contributed by atoms with Crippen LogP contribution in [0.1, 0.15) is 0 Å². The molecule has 1 aromatic heterocycles. The van der Waals surface area contributed by atoms with Gasteiger partial charge in [0.25, 0.3) is 10.0 Å². The molecule has 168 valence electrons. The molecule has 1 fully saturated rings. The number of ether oxygens (including phenoxy) is 3. The normalized spacial score (nSPS) is 14.1. The zero-order valence-electron chi connectivity index (χ0n) is 17.8. The first-order valence-electron chi connectivity index (χ1n) is 10.0. The average molecular weight is 457 g/mol. The summed E-state index contributed by atoms with van der Waals surface area (Å²) >= 11 is 0. The van der Waals surface area contributed by atoms with E-state index in [2.05, 4.69) is 19.8 Å². The quantitative estimate of drug-likeness (QED) is 0.579. The van der Waals surface area contributed by atoms with Gasteiger partial charge in [0.2, 0.25) is 0 Å². The van der Waals surface area contributed by atoms with Gasteiger partial charge < -0.3 is 19.1 Å². The number of methoxy groups -OCH3 is 2. The third-order valence-corrected chi connectivity index (χ3v) is 6.46. The molecule has 3 aromatic rings. The van der Waals surface area contributed by atoms with Crippen LogP contribution in [-0.4, -0.2) is 59.1 Å². The molecule has 0 atom stereocenters. The van der Waals surface area contributed by atoms with Crippen LogP contribution in [0.5, 0.6) is 11.5 Å². The van der Waals surface area contributed by atoms with E-state index >= 15 is 0 Å². The SMILES string of the molecule is COc1ccc(S(=O)(=O)Nc2ccc(-c3ccc(N4CCOCC4)nn3)cc2)cc1OC. The maximum absolute atomic E-state index is 12.8. The Bertz CT molecular complexity index is 1160. The molecule has 0 amide bonds. The Morgan fingerprint density at radius 2 is 1.62 bits per heavy atom. The van der Waals surface area contributed by atoms with E-state index in [0.29, 0.717) is 36.1 Å². The van der Waals surface area contributed by atoms with Crippen LogP contribution in [0.15, 0.2) is 59.5 Å². The highest BCUT2D eigenvalue weighted by molar-refractivity contribution is 7.92. The van der Waals surface area contributed by atoms with Crippen LogP contribution < -0.4 is 19.1 Å². The molecule has 2 aromatic carbocycles. The summed E-state index contributed by atoms with van der Waals surface area (Å²) in [6, 6.07) is 15.2. The molecule has 0 unspecified atom stereocenters. The van der Waals surface area contributed by atoms with Crippen molar-refractivity contribution in [1.29, 1.82) is 0 Å². The van der Waals surface area contributed by atoms with Crippen molar-refractivity contribution in [2.45, 2.75) is 4.90 Å². The molecule has 2 heterocycles. The van der Waals surface area contributed by atoms with Crippen LogP contribution >= 0.6 is 0 Å². The molecular formula is C22H24N4O5S. The van der Waals surface area contributed by atoms with Crippen LogP contribution in [0.3, 0.4) is 0 Å². The number of rotatable bonds is 7. The molecule has 9 nitrogen and oxygen atoms in total. The summed E-state index contributed by atoms with van der Waals surface area (Å²) in [7, 11) is -0.848. The number of benzene rings is 2. The predicted molar refractivity (Wildman–Crippen MR) is 121 cm³/mol. The summed E-state index contributed by atoms with van der Waals surface area (Å²) in [5, 5.41) is 8.63. The third kappa shape index (κ3) is 4.76. The molecule has 4 rings (SSSR count). The van der Waals surface area contributed by atoms with Crippen molar-refractivity contribution < 1.29 is 22.6 Å². The van der Waals surface area contributed by atoms with Gasteiger partial charge in [-0.2, -0.15) is 0 Å².